The Balaban J connectivity index is 1.75. The lowest BCUT2D eigenvalue weighted by molar-refractivity contribution is 0.102. The fourth-order valence-electron chi connectivity index (χ4n) is 2.18. The van der Waals surface area contributed by atoms with Gasteiger partial charge in [-0.05, 0) is 54.4 Å². The van der Waals surface area contributed by atoms with E-state index in [-0.39, 0.29) is 5.91 Å². The van der Waals surface area contributed by atoms with Gasteiger partial charge in [0.1, 0.15) is 5.03 Å². The predicted octanol–water partition coefficient (Wildman–Crippen LogP) is 4.98. The van der Waals surface area contributed by atoms with Crippen molar-refractivity contribution in [3.05, 3.63) is 82.8 Å². The fourth-order valence-corrected chi connectivity index (χ4v) is 3.31. The molecule has 0 saturated carbocycles. The lowest BCUT2D eigenvalue weighted by atomic mass is 10.2. The summed E-state index contributed by atoms with van der Waals surface area (Å²) in [6.07, 6.45) is 5.19. The van der Waals surface area contributed by atoms with Crippen LogP contribution in [0.25, 0.3) is 0 Å². The number of amides is 1. The van der Waals surface area contributed by atoms with Crippen LogP contribution < -0.4 is 5.32 Å². The number of rotatable bonds is 5. The Bertz CT molecular complexity index is 887. The number of hydrogen-bond acceptors (Lipinski definition) is 4. The molecule has 2 heterocycles. The molecule has 4 nitrogen and oxygen atoms in total. The van der Waals surface area contributed by atoms with Gasteiger partial charge in [-0.15, -0.1) is 11.8 Å². The van der Waals surface area contributed by atoms with Gasteiger partial charge in [0.15, 0.2) is 0 Å². The first kappa shape index (κ1) is 17.5. The lowest BCUT2D eigenvalue weighted by Crippen LogP contribution is -2.13. The molecule has 3 aromatic rings. The largest absolute Gasteiger partial charge is 0.322 e. The highest BCUT2D eigenvalue weighted by atomic mass is 35.5. The molecule has 1 N–H and O–H groups in total. The molecule has 0 spiro atoms. The fraction of sp³-hybridized carbons (Fsp3) is 0.105. The van der Waals surface area contributed by atoms with E-state index in [1.165, 1.54) is 11.8 Å². The first-order chi connectivity index (χ1) is 12.1. The molecule has 0 atom stereocenters. The Hall–Kier alpha value is -2.37. The standard InChI is InChI=1S/C19H16ClN3OS/c1-13-4-5-15(11-17(13)20)23-18(24)16-3-2-8-22-19(16)25-12-14-6-9-21-10-7-14/h2-11H,12H2,1H3,(H,23,24). The minimum absolute atomic E-state index is 0.203. The first-order valence-corrected chi connectivity index (χ1v) is 9.04. The van der Waals surface area contributed by atoms with Crippen LogP contribution in [0.3, 0.4) is 0 Å². The normalized spacial score (nSPS) is 10.5. The third-order valence-electron chi connectivity index (χ3n) is 3.57. The number of halogens is 1. The monoisotopic (exact) mass is 369 g/mol. The number of nitrogens with zero attached hydrogens (tertiary/aromatic N) is 2. The van der Waals surface area contributed by atoms with Crippen molar-refractivity contribution in [3.63, 3.8) is 0 Å². The molecule has 1 amide bonds. The van der Waals surface area contributed by atoms with E-state index in [1.807, 2.05) is 31.2 Å². The topological polar surface area (TPSA) is 54.9 Å². The van der Waals surface area contributed by atoms with Gasteiger partial charge in [-0.2, -0.15) is 0 Å². The van der Waals surface area contributed by atoms with Crippen molar-refractivity contribution in [2.75, 3.05) is 5.32 Å². The summed E-state index contributed by atoms with van der Waals surface area (Å²) in [6.45, 7) is 1.92. The molecule has 25 heavy (non-hydrogen) atoms. The highest BCUT2D eigenvalue weighted by Gasteiger charge is 2.13. The van der Waals surface area contributed by atoms with E-state index >= 15 is 0 Å². The van der Waals surface area contributed by atoms with Gasteiger partial charge in [-0.1, -0.05) is 17.7 Å². The molecule has 0 aliphatic heterocycles. The molecule has 126 valence electrons. The van der Waals surface area contributed by atoms with E-state index in [0.717, 1.165) is 16.9 Å². The van der Waals surface area contributed by atoms with Crippen molar-refractivity contribution in [1.82, 2.24) is 9.97 Å². The molecule has 2 aromatic heterocycles. The molecular formula is C19H16ClN3OS. The van der Waals surface area contributed by atoms with Crippen molar-refractivity contribution in [1.29, 1.82) is 0 Å². The van der Waals surface area contributed by atoms with Crippen molar-refractivity contribution in [2.24, 2.45) is 0 Å². The number of carbonyl (C=O) groups is 1. The number of nitrogens with one attached hydrogen (secondary N) is 1. The molecule has 0 unspecified atom stereocenters. The van der Waals surface area contributed by atoms with E-state index < -0.39 is 0 Å². The third-order valence-corrected chi connectivity index (χ3v) is 5.05. The maximum Gasteiger partial charge on any atom is 0.258 e. The van der Waals surface area contributed by atoms with Crippen molar-refractivity contribution >= 4 is 35.0 Å². The second-order valence-corrected chi connectivity index (χ2v) is 6.79. The maximum absolute atomic E-state index is 12.6. The average Bonchev–Trinajstić information content (AvgIpc) is 2.64. The van der Waals surface area contributed by atoms with Gasteiger partial charge in [0.25, 0.3) is 5.91 Å². The summed E-state index contributed by atoms with van der Waals surface area (Å²) in [5, 5.41) is 4.19. The van der Waals surface area contributed by atoms with Crippen LogP contribution in [0.5, 0.6) is 0 Å². The third kappa shape index (κ3) is 4.59. The Labute approximate surface area is 155 Å². The number of aryl methyl sites for hydroxylation is 1. The zero-order chi connectivity index (χ0) is 17.6. The zero-order valence-corrected chi connectivity index (χ0v) is 15.1. The van der Waals surface area contributed by atoms with Crippen LogP contribution in [0.2, 0.25) is 5.02 Å². The molecular weight excluding hydrogens is 354 g/mol. The van der Waals surface area contributed by atoms with Crippen LogP contribution >= 0.6 is 23.4 Å². The van der Waals surface area contributed by atoms with Crippen LogP contribution in [0.15, 0.2) is 66.1 Å². The van der Waals surface area contributed by atoms with E-state index in [1.54, 1.807) is 36.8 Å². The van der Waals surface area contributed by atoms with Gasteiger partial charge in [0, 0.05) is 35.1 Å². The number of aromatic nitrogens is 2. The molecule has 0 radical (unpaired) electrons. The van der Waals surface area contributed by atoms with Gasteiger partial charge in [0.2, 0.25) is 0 Å². The molecule has 0 fully saturated rings. The van der Waals surface area contributed by atoms with E-state index in [2.05, 4.69) is 15.3 Å². The highest BCUT2D eigenvalue weighted by molar-refractivity contribution is 7.98. The second-order valence-electron chi connectivity index (χ2n) is 5.42. The summed E-state index contributed by atoms with van der Waals surface area (Å²) in [5.41, 5.74) is 3.30. The minimum atomic E-state index is -0.203. The summed E-state index contributed by atoms with van der Waals surface area (Å²) in [5.74, 6) is 0.515. The van der Waals surface area contributed by atoms with Crippen molar-refractivity contribution < 1.29 is 4.79 Å². The number of anilines is 1. The average molecular weight is 370 g/mol. The molecule has 1 aromatic carbocycles. The Morgan fingerprint density at radius 1 is 1.16 bits per heavy atom. The number of thioether (sulfide) groups is 1. The minimum Gasteiger partial charge on any atom is -0.322 e. The van der Waals surface area contributed by atoms with Crippen LogP contribution in [-0.4, -0.2) is 15.9 Å². The SMILES string of the molecule is Cc1ccc(NC(=O)c2cccnc2SCc2ccncc2)cc1Cl. The quantitative estimate of drug-likeness (QED) is 0.644. The summed E-state index contributed by atoms with van der Waals surface area (Å²) in [4.78, 5) is 21.0. The molecule has 0 bridgehead atoms. The smallest absolute Gasteiger partial charge is 0.258 e. The number of hydrogen-bond donors (Lipinski definition) is 1. The van der Waals surface area contributed by atoms with Crippen LogP contribution in [0.1, 0.15) is 21.5 Å². The van der Waals surface area contributed by atoms with Gasteiger partial charge >= 0.3 is 0 Å². The molecule has 6 heteroatoms. The molecule has 3 rings (SSSR count). The maximum atomic E-state index is 12.6. The first-order valence-electron chi connectivity index (χ1n) is 7.68. The van der Waals surface area contributed by atoms with E-state index in [0.29, 0.717) is 21.3 Å². The Morgan fingerprint density at radius 3 is 2.72 bits per heavy atom. The van der Waals surface area contributed by atoms with Crippen LogP contribution in [-0.2, 0) is 5.75 Å². The van der Waals surface area contributed by atoms with Crippen LogP contribution in [0, 0.1) is 6.92 Å². The summed E-state index contributed by atoms with van der Waals surface area (Å²) >= 11 is 7.64. The Morgan fingerprint density at radius 2 is 1.96 bits per heavy atom. The molecule has 0 aliphatic rings. The van der Waals surface area contributed by atoms with Crippen molar-refractivity contribution in [2.45, 2.75) is 17.7 Å². The summed E-state index contributed by atoms with van der Waals surface area (Å²) in [6, 6.07) is 12.9. The highest BCUT2D eigenvalue weighted by Crippen LogP contribution is 2.25. The molecule has 0 saturated heterocycles. The van der Waals surface area contributed by atoms with Gasteiger partial charge in [0.05, 0.1) is 5.56 Å². The lowest BCUT2D eigenvalue weighted by Gasteiger charge is -2.10. The Kier molecular flexibility index (Phi) is 5.68. The predicted molar refractivity (Wildman–Crippen MR) is 102 cm³/mol. The van der Waals surface area contributed by atoms with Gasteiger partial charge < -0.3 is 5.32 Å². The van der Waals surface area contributed by atoms with E-state index in [9.17, 15) is 4.79 Å². The summed E-state index contributed by atoms with van der Waals surface area (Å²) < 4.78 is 0. The van der Waals surface area contributed by atoms with E-state index in [4.69, 9.17) is 11.6 Å². The number of carbonyl (C=O) groups excluding carboxylic acids is 1. The number of benzene rings is 1. The van der Waals surface area contributed by atoms with Crippen molar-refractivity contribution in [3.8, 4) is 0 Å². The van der Waals surface area contributed by atoms with Gasteiger partial charge in [-0.25, -0.2) is 4.98 Å². The zero-order valence-electron chi connectivity index (χ0n) is 13.6. The van der Waals surface area contributed by atoms with Gasteiger partial charge in [-0.3, -0.25) is 9.78 Å². The summed E-state index contributed by atoms with van der Waals surface area (Å²) in [7, 11) is 0. The van der Waals surface area contributed by atoms with Crippen LogP contribution in [0.4, 0.5) is 5.69 Å². The molecule has 0 aliphatic carbocycles. The second kappa shape index (κ2) is 8.14. The number of pyridine rings is 2.